The fourth-order valence-electron chi connectivity index (χ4n) is 0.987. The van der Waals surface area contributed by atoms with E-state index in [4.69, 9.17) is 51.5 Å². The summed E-state index contributed by atoms with van der Waals surface area (Å²) in [4.78, 5) is 20.5. The smallest absolute Gasteiger partial charge is 0.344 e. The molecule has 1 aromatic carbocycles. The van der Waals surface area contributed by atoms with E-state index in [9.17, 15) is 14.9 Å². The van der Waals surface area contributed by atoms with Crippen LogP contribution in [0, 0.1) is 10.1 Å². The number of hydrogen-bond donors (Lipinski definition) is 1. The Morgan fingerprint density at radius 3 is 1.88 bits per heavy atom. The molecule has 0 aliphatic rings. The molecular formula is C7HCl4NO4. The highest BCUT2D eigenvalue weighted by molar-refractivity contribution is 6.53. The quantitative estimate of drug-likeness (QED) is 0.389. The molecule has 0 saturated heterocycles. The van der Waals surface area contributed by atoms with E-state index in [2.05, 4.69) is 0 Å². The maximum atomic E-state index is 10.8. The number of nitro groups is 1. The summed E-state index contributed by atoms with van der Waals surface area (Å²) in [5, 5.41) is 17.7. The number of carboxylic acids is 1. The first-order valence-corrected chi connectivity index (χ1v) is 5.03. The summed E-state index contributed by atoms with van der Waals surface area (Å²) in [6.07, 6.45) is 0. The summed E-state index contributed by atoms with van der Waals surface area (Å²) in [5.41, 5.74) is -1.67. The zero-order valence-electron chi connectivity index (χ0n) is 7.13. The summed E-state index contributed by atoms with van der Waals surface area (Å²) in [6, 6.07) is 0. The van der Waals surface area contributed by atoms with E-state index < -0.39 is 32.2 Å². The van der Waals surface area contributed by atoms with Gasteiger partial charge in [0.25, 0.3) is 0 Å². The Hall–Kier alpha value is -0.750. The van der Waals surface area contributed by atoms with E-state index in [-0.39, 0.29) is 10.0 Å². The standard InChI is InChI=1S/C7HCl4NO4/c8-2-1(7(13)14)6(12(15)16)5(11)4(10)3(2)9/h(H,13,14). The van der Waals surface area contributed by atoms with Gasteiger partial charge in [-0.25, -0.2) is 4.79 Å². The van der Waals surface area contributed by atoms with Crippen LogP contribution in [0.1, 0.15) is 10.4 Å². The Bertz CT molecular complexity index is 457. The van der Waals surface area contributed by atoms with Crippen LogP contribution in [0.5, 0.6) is 0 Å². The van der Waals surface area contributed by atoms with Crippen molar-refractivity contribution in [3.8, 4) is 0 Å². The monoisotopic (exact) mass is 303 g/mol. The van der Waals surface area contributed by atoms with Crippen molar-refractivity contribution in [1.29, 1.82) is 0 Å². The predicted octanol–water partition coefficient (Wildman–Crippen LogP) is 3.91. The van der Waals surface area contributed by atoms with Gasteiger partial charge in [0.05, 0.1) is 20.0 Å². The third-order valence-corrected chi connectivity index (χ3v) is 3.43. The number of nitrogens with zero attached hydrogens (tertiary/aromatic N) is 1. The highest BCUT2D eigenvalue weighted by Gasteiger charge is 2.32. The third-order valence-electron chi connectivity index (χ3n) is 1.64. The number of benzene rings is 1. The lowest BCUT2D eigenvalue weighted by Gasteiger charge is -2.07. The molecule has 0 radical (unpaired) electrons. The maximum absolute atomic E-state index is 10.8. The zero-order valence-corrected chi connectivity index (χ0v) is 10.2. The van der Waals surface area contributed by atoms with Crippen LogP contribution in [0.4, 0.5) is 5.69 Å². The average molecular weight is 305 g/mol. The summed E-state index contributed by atoms with van der Waals surface area (Å²) in [6.45, 7) is 0. The van der Waals surface area contributed by atoms with Crippen LogP contribution in [-0.2, 0) is 0 Å². The SMILES string of the molecule is O=C(O)c1c(Cl)c(Cl)c(Cl)c(Cl)c1[N+](=O)[O-]. The molecule has 0 fully saturated rings. The maximum Gasteiger partial charge on any atom is 0.344 e. The summed E-state index contributed by atoms with van der Waals surface area (Å²) in [5.74, 6) is -1.61. The van der Waals surface area contributed by atoms with Crippen molar-refractivity contribution in [1.82, 2.24) is 0 Å². The van der Waals surface area contributed by atoms with Crippen LogP contribution in [0.3, 0.4) is 0 Å². The predicted molar refractivity (Wildman–Crippen MR) is 60.1 cm³/mol. The van der Waals surface area contributed by atoms with Gasteiger partial charge in [-0.3, -0.25) is 10.1 Å². The van der Waals surface area contributed by atoms with Gasteiger partial charge >= 0.3 is 11.7 Å². The molecule has 1 N–H and O–H groups in total. The Labute approximate surface area is 109 Å². The van der Waals surface area contributed by atoms with Gasteiger partial charge in [0, 0.05) is 0 Å². The van der Waals surface area contributed by atoms with Crippen LogP contribution < -0.4 is 0 Å². The van der Waals surface area contributed by atoms with E-state index in [0.717, 1.165) is 0 Å². The summed E-state index contributed by atoms with van der Waals surface area (Å²) in [7, 11) is 0. The molecule has 0 aliphatic carbocycles. The molecule has 0 unspecified atom stereocenters. The van der Waals surface area contributed by atoms with E-state index in [1.807, 2.05) is 0 Å². The van der Waals surface area contributed by atoms with Crippen molar-refractivity contribution in [3.63, 3.8) is 0 Å². The first kappa shape index (κ1) is 13.3. The Morgan fingerprint density at radius 2 is 1.50 bits per heavy atom. The van der Waals surface area contributed by atoms with Gasteiger partial charge < -0.3 is 5.11 Å². The molecule has 1 rings (SSSR count). The molecule has 0 aromatic heterocycles. The number of rotatable bonds is 2. The lowest BCUT2D eigenvalue weighted by Crippen LogP contribution is -2.05. The minimum atomic E-state index is -1.61. The van der Waals surface area contributed by atoms with Gasteiger partial charge in [-0.05, 0) is 0 Å². The summed E-state index contributed by atoms with van der Waals surface area (Å²) >= 11 is 22.2. The number of aromatic carboxylic acids is 1. The van der Waals surface area contributed by atoms with Gasteiger partial charge in [0.15, 0.2) is 5.56 Å². The normalized spacial score (nSPS) is 10.2. The average Bonchev–Trinajstić information content (AvgIpc) is 2.18. The van der Waals surface area contributed by atoms with Crippen molar-refractivity contribution in [3.05, 3.63) is 35.8 Å². The topological polar surface area (TPSA) is 80.4 Å². The molecule has 0 spiro atoms. The Balaban J connectivity index is 3.83. The van der Waals surface area contributed by atoms with Gasteiger partial charge in [-0.1, -0.05) is 46.4 Å². The summed E-state index contributed by atoms with van der Waals surface area (Å²) < 4.78 is 0. The van der Waals surface area contributed by atoms with Crippen molar-refractivity contribution in [2.24, 2.45) is 0 Å². The molecule has 0 heterocycles. The van der Waals surface area contributed by atoms with Gasteiger partial charge in [-0.2, -0.15) is 0 Å². The molecule has 1 aromatic rings. The van der Waals surface area contributed by atoms with Crippen LogP contribution in [0.25, 0.3) is 0 Å². The molecule has 0 aliphatic heterocycles. The fourth-order valence-corrected chi connectivity index (χ4v) is 1.98. The van der Waals surface area contributed by atoms with Crippen LogP contribution in [-0.4, -0.2) is 16.0 Å². The van der Waals surface area contributed by atoms with Crippen molar-refractivity contribution in [2.45, 2.75) is 0 Å². The molecule has 0 bridgehead atoms. The van der Waals surface area contributed by atoms with Gasteiger partial charge in [0.2, 0.25) is 0 Å². The second-order valence-electron chi connectivity index (χ2n) is 2.54. The highest BCUT2D eigenvalue weighted by Crippen LogP contribution is 2.45. The zero-order chi connectivity index (χ0) is 12.6. The molecule has 0 saturated carbocycles. The second-order valence-corrected chi connectivity index (χ2v) is 4.05. The van der Waals surface area contributed by atoms with Gasteiger partial charge in [0.1, 0.15) is 5.02 Å². The number of carboxylic acid groups (broad SMARTS) is 1. The molecule has 16 heavy (non-hydrogen) atoms. The third kappa shape index (κ3) is 2.04. The molecule has 5 nitrogen and oxygen atoms in total. The number of halogens is 4. The lowest BCUT2D eigenvalue weighted by atomic mass is 10.2. The van der Waals surface area contributed by atoms with Crippen LogP contribution in [0.15, 0.2) is 0 Å². The molecule has 86 valence electrons. The number of hydrogen-bond acceptors (Lipinski definition) is 3. The van der Waals surface area contributed by atoms with Crippen molar-refractivity contribution < 1.29 is 14.8 Å². The van der Waals surface area contributed by atoms with Crippen molar-refractivity contribution >= 4 is 58.1 Å². The Kier molecular flexibility index (Phi) is 3.85. The first-order valence-electron chi connectivity index (χ1n) is 3.52. The number of carbonyl (C=O) groups is 1. The van der Waals surface area contributed by atoms with Crippen LogP contribution >= 0.6 is 46.4 Å². The first-order chi connectivity index (χ1) is 7.29. The van der Waals surface area contributed by atoms with E-state index in [1.165, 1.54) is 0 Å². The highest BCUT2D eigenvalue weighted by atomic mass is 35.5. The Morgan fingerprint density at radius 1 is 1.06 bits per heavy atom. The molecule has 9 heteroatoms. The molecule has 0 amide bonds. The minimum absolute atomic E-state index is 0.337. The molecule has 0 atom stereocenters. The molecular weight excluding hydrogens is 304 g/mol. The second kappa shape index (κ2) is 4.63. The van der Waals surface area contributed by atoms with Crippen molar-refractivity contribution in [2.75, 3.05) is 0 Å². The van der Waals surface area contributed by atoms with E-state index >= 15 is 0 Å². The van der Waals surface area contributed by atoms with Gasteiger partial charge in [-0.15, -0.1) is 0 Å². The lowest BCUT2D eigenvalue weighted by molar-refractivity contribution is -0.385. The fraction of sp³-hybridized carbons (Fsp3) is 0. The number of nitro benzene ring substituents is 1. The minimum Gasteiger partial charge on any atom is -0.477 e. The van der Waals surface area contributed by atoms with Crippen LogP contribution in [0.2, 0.25) is 20.1 Å². The van der Waals surface area contributed by atoms with E-state index in [0.29, 0.717) is 0 Å². The van der Waals surface area contributed by atoms with E-state index in [1.54, 1.807) is 0 Å². The largest absolute Gasteiger partial charge is 0.477 e.